The Hall–Kier alpha value is -1.41. The Morgan fingerprint density at radius 3 is 2.56 bits per heavy atom. The van der Waals surface area contributed by atoms with Crippen LogP contribution < -0.4 is 9.64 Å². The van der Waals surface area contributed by atoms with E-state index in [2.05, 4.69) is 22.5 Å². The maximum absolute atomic E-state index is 12.8. The van der Waals surface area contributed by atoms with E-state index in [9.17, 15) is 9.90 Å². The molecule has 2 saturated heterocycles. The Balaban J connectivity index is 1.93. The molecular weight excluding hydrogens is 390 g/mol. The number of hydrogen-bond acceptors (Lipinski definition) is 5. The molecule has 3 rings (SSSR count). The number of methoxy groups -OCH3 is 1. The standard InChI is InChI=1S/C18H22BrNO5/c1-11(19)9-18(22)15(14-10-24-17(2,3)25-14)20(16(18)21)12-5-7-13(23-4)8-6-12/h5-8,14-15,22H,1,9-10H2,2-4H3/t14-,15+,18-/m1/s1. The molecule has 0 saturated carbocycles. The lowest BCUT2D eigenvalue weighted by molar-refractivity contribution is -0.173. The van der Waals surface area contributed by atoms with Crippen molar-refractivity contribution in [3.8, 4) is 5.75 Å². The second kappa shape index (κ2) is 6.39. The summed E-state index contributed by atoms with van der Waals surface area (Å²) in [6.45, 7) is 7.69. The molecule has 0 unspecified atom stereocenters. The predicted octanol–water partition coefficient (Wildman–Crippen LogP) is 2.59. The van der Waals surface area contributed by atoms with E-state index in [4.69, 9.17) is 14.2 Å². The molecule has 1 aromatic carbocycles. The number of β-lactam (4-membered cyclic amide) rings is 1. The summed E-state index contributed by atoms with van der Waals surface area (Å²) in [4.78, 5) is 14.3. The first-order valence-electron chi connectivity index (χ1n) is 8.03. The Morgan fingerprint density at radius 1 is 1.44 bits per heavy atom. The van der Waals surface area contributed by atoms with Gasteiger partial charge in [0.05, 0.1) is 13.7 Å². The largest absolute Gasteiger partial charge is 0.497 e. The van der Waals surface area contributed by atoms with Crippen molar-refractivity contribution in [2.24, 2.45) is 0 Å². The van der Waals surface area contributed by atoms with Crippen LogP contribution in [0, 0.1) is 0 Å². The van der Waals surface area contributed by atoms with E-state index >= 15 is 0 Å². The molecule has 2 heterocycles. The smallest absolute Gasteiger partial charge is 0.262 e. The Labute approximate surface area is 155 Å². The first kappa shape index (κ1) is 18.4. The van der Waals surface area contributed by atoms with Gasteiger partial charge in [0.2, 0.25) is 0 Å². The molecule has 0 aromatic heterocycles. The van der Waals surface area contributed by atoms with Gasteiger partial charge in [-0.1, -0.05) is 22.5 Å². The third-order valence-electron chi connectivity index (χ3n) is 4.55. The number of carbonyl (C=O) groups is 1. The highest BCUT2D eigenvalue weighted by Crippen LogP contribution is 2.45. The molecule has 1 aromatic rings. The number of halogens is 1. The van der Waals surface area contributed by atoms with Gasteiger partial charge in [-0.25, -0.2) is 0 Å². The number of ether oxygens (including phenoxy) is 3. The minimum Gasteiger partial charge on any atom is -0.497 e. The maximum Gasteiger partial charge on any atom is 0.262 e. The maximum atomic E-state index is 12.8. The van der Waals surface area contributed by atoms with Gasteiger partial charge in [-0.15, -0.1) is 0 Å². The van der Waals surface area contributed by atoms with Gasteiger partial charge in [0, 0.05) is 12.1 Å². The van der Waals surface area contributed by atoms with Crippen LogP contribution in [0.4, 0.5) is 5.69 Å². The van der Waals surface area contributed by atoms with Gasteiger partial charge in [-0.2, -0.15) is 0 Å². The van der Waals surface area contributed by atoms with Gasteiger partial charge in [0.15, 0.2) is 11.4 Å². The number of aliphatic hydroxyl groups is 1. The number of amides is 1. The van der Waals surface area contributed by atoms with Gasteiger partial charge in [-0.05, 0) is 42.6 Å². The zero-order chi connectivity index (χ0) is 18.4. The summed E-state index contributed by atoms with van der Waals surface area (Å²) in [5.41, 5.74) is -0.899. The average Bonchev–Trinajstić information content (AvgIpc) is 2.90. The zero-order valence-corrected chi connectivity index (χ0v) is 16.1. The lowest BCUT2D eigenvalue weighted by atomic mass is 9.76. The fraction of sp³-hybridized carbons (Fsp3) is 0.500. The molecule has 2 aliphatic rings. The second-order valence-electron chi connectivity index (χ2n) is 6.80. The van der Waals surface area contributed by atoms with Crippen LogP contribution in [0.3, 0.4) is 0 Å². The first-order valence-corrected chi connectivity index (χ1v) is 8.82. The van der Waals surface area contributed by atoms with Gasteiger partial charge < -0.3 is 24.2 Å². The van der Waals surface area contributed by atoms with Crippen LogP contribution in [-0.2, 0) is 14.3 Å². The van der Waals surface area contributed by atoms with Gasteiger partial charge in [0.25, 0.3) is 5.91 Å². The fourth-order valence-electron chi connectivity index (χ4n) is 3.45. The zero-order valence-electron chi connectivity index (χ0n) is 14.5. The van der Waals surface area contributed by atoms with Gasteiger partial charge in [0.1, 0.15) is 17.9 Å². The summed E-state index contributed by atoms with van der Waals surface area (Å²) in [6.07, 6.45) is -0.324. The van der Waals surface area contributed by atoms with Crippen LogP contribution >= 0.6 is 15.9 Å². The molecule has 25 heavy (non-hydrogen) atoms. The minimum atomic E-state index is -1.57. The lowest BCUT2D eigenvalue weighted by Crippen LogP contribution is -2.78. The van der Waals surface area contributed by atoms with E-state index in [-0.39, 0.29) is 12.3 Å². The Morgan fingerprint density at radius 2 is 2.08 bits per heavy atom. The molecule has 1 N–H and O–H groups in total. The molecule has 0 radical (unpaired) electrons. The van der Waals surface area contributed by atoms with Crippen molar-refractivity contribution in [2.45, 2.75) is 43.8 Å². The van der Waals surface area contributed by atoms with Crippen LogP contribution in [0.1, 0.15) is 20.3 Å². The van der Waals surface area contributed by atoms with E-state index in [1.165, 1.54) is 0 Å². The molecule has 0 bridgehead atoms. The third kappa shape index (κ3) is 3.21. The minimum absolute atomic E-state index is 0.115. The monoisotopic (exact) mass is 411 g/mol. The molecule has 2 fully saturated rings. The molecule has 1 amide bonds. The number of hydrogen-bond donors (Lipinski definition) is 1. The summed E-state index contributed by atoms with van der Waals surface area (Å²) in [5.74, 6) is -0.434. The molecular formula is C18H22BrNO5. The van der Waals surface area contributed by atoms with Crippen LogP contribution in [-0.4, -0.2) is 48.3 Å². The number of carbonyl (C=O) groups excluding carboxylic acids is 1. The van der Waals surface area contributed by atoms with Crippen molar-refractivity contribution in [1.82, 2.24) is 0 Å². The lowest BCUT2D eigenvalue weighted by Gasteiger charge is -2.54. The van der Waals surface area contributed by atoms with Crippen molar-refractivity contribution < 1.29 is 24.1 Å². The summed E-state index contributed by atoms with van der Waals surface area (Å²) in [6, 6.07) is 6.55. The van der Waals surface area contributed by atoms with E-state index in [1.807, 2.05) is 13.8 Å². The molecule has 6 nitrogen and oxygen atoms in total. The van der Waals surface area contributed by atoms with Crippen LogP contribution in [0.15, 0.2) is 35.3 Å². The number of benzene rings is 1. The topological polar surface area (TPSA) is 68.2 Å². The SMILES string of the molecule is C=C(Br)C[C@]1(O)C(=O)N(c2ccc(OC)cc2)[C@H]1[C@H]1COC(C)(C)O1. The van der Waals surface area contributed by atoms with E-state index in [1.54, 1.807) is 36.3 Å². The highest BCUT2D eigenvalue weighted by atomic mass is 79.9. The quantitative estimate of drug-likeness (QED) is 0.754. The van der Waals surface area contributed by atoms with E-state index in [0.717, 1.165) is 0 Å². The average molecular weight is 412 g/mol. The van der Waals surface area contributed by atoms with E-state index < -0.39 is 23.5 Å². The van der Waals surface area contributed by atoms with Crippen molar-refractivity contribution in [1.29, 1.82) is 0 Å². The van der Waals surface area contributed by atoms with E-state index in [0.29, 0.717) is 22.5 Å². The highest BCUT2D eigenvalue weighted by Gasteiger charge is 2.65. The van der Waals surface area contributed by atoms with Crippen molar-refractivity contribution in [3.63, 3.8) is 0 Å². The Bertz CT molecular complexity index is 689. The van der Waals surface area contributed by atoms with Crippen LogP contribution in [0.25, 0.3) is 0 Å². The van der Waals surface area contributed by atoms with Crippen LogP contribution in [0.5, 0.6) is 5.75 Å². The van der Waals surface area contributed by atoms with Gasteiger partial charge >= 0.3 is 0 Å². The summed E-state index contributed by atoms with van der Waals surface area (Å²) >= 11 is 3.25. The van der Waals surface area contributed by atoms with Crippen molar-refractivity contribution in [3.05, 3.63) is 35.3 Å². The fourth-order valence-corrected chi connectivity index (χ4v) is 3.87. The number of nitrogens with zero attached hydrogens (tertiary/aromatic N) is 1. The molecule has 136 valence electrons. The highest BCUT2D eigenvalue weighted by molar-refractivity contribution is 9.11. The normalized spacial score (nSPS) is 30.9. The molecule has 7 heteroatoms. The predicted molar refractivity (Wildman–Crippen MR) is 96.8 cm³/mol. The van der Waals surface area contributed by atoms with Crippen LogP contribution in [0.2, 0.25) is 0 Å². The summed E-state index contributed by atoms with van der Waals surface area (Å²) in [7, 11) is 1.58. The number of rotatable bonds is 5. The third-order valence-corrected chi connectivity index (χ3v) is 4.83. The van der Waals surface area contributed by atoms with Crippen molar-refractivity contribution >= 4 is 27.5 Å². The molecule has 3 atom stereocenters. The molecule has 0 aliphatic carbocycles. The molecule has 0 spiro atoms. The number of anilines is 1. The summed E-state index contributed by atoms with van der Waals surface area (Å²) < 4.78 is 17.3. The Kier molecular flexibility index (Phi) is 4.70. The second-order valence-corrected chi connectivity index (χ2v) is 7.92. The van der Waals surface area contributed by atoms with Gasteiger partial charge in [-0.3, -0.25) is 4.79 Å². The molecule has 2 aliphatic heterocycles. The van der Waals surface area contributed by atoms with Crippen molar-refractivity contribution in [2.75, 3.05) is 18.6 Å². The summed E-state index contributed by atoms with van der Waals surface area (Å²) in [5, 5.41) is 11.0. The first-order chi connectivity index (χ1) is 11.7.